The fourth-order valence-electron chi connectivity index (χ4n) is 1.99. The van der Waals surface area contributed by atoms with Gasteiger partial charge in [-0.25, -0.2) is 13.1 Å². The first kappa shape index (κ1) is 18.7. The number of hydrogen-bond donors (Lipinski definition) is 2. The van der Waals surface area contributed by atoms with E-state index in [1.807, 2.05) is 0 Å². The van der Waals surface area contributed by atoms with Crippen molar-refractivity contribution < 1.29 is 13.2 Å². The molecule has 0 saturated carbocycles. The SMILES string of the molecule is CC(C)NS(=O)(=O)c1ccc(Cl)c(C(=O)Nc2cccc(Cl)c2)c1. The van der Waals surface area contributed by atoms with Crippen LogP contribution in [0.2, 0.25) is 10.0 Å². The van der Waals surface area contributed by atoms with E-state index >= 15 is 0 Å². The summed E-state index contributed by atoms with van der Waals surface area (Å²) in [7, 11) is -3.72. The Balaban J connectivity index is 2.33. The van der Waals surface area contributed by atoms with Crippen molar-refractivity contribution >= 4 is 44.8 Å². The van der Waals surface area contributed by atoms with Crippen LogP contribution in [0.15, 0.2) is 47.4 Å². The highest BCUT2D eigenvalue weighted by atomic mass is 35.5. The average molecular weight is 387 g/mol. The van der Waals surface area contributed by atoms with E-state index in [9.17, 15) is 13.2 Å². The first-order chi connectivity index (χ1) is 11.2. The van der Waals surface area contributed by atoms with Gasteiger partial charge in [-0.15, -0.1) is 0 Å². The lowest BCUT2D eigenvalue weighted by atomic mass is 10.2. The van der Waals surface area contributed by atoms with Crippen molar-refractivity contribution in [2.75, 3.05) is 5.32 Å². The third-order valence-electron chi connectivity index (χ3n) is 2.97. The van der Waals surface area contributed by atoms with Gasteiger partial charge in [-0.3, -0.25) is 4.79 Å². The Kier molecular flexibility index (Phi) is 5.87. The zero-order chi connectivity index (χ0) is 17.9. The lowest BCUT2D eigenvalue weighted by Crippen LogP contribution is -2.30. The molecule has 24 heavy (non-hydrogen) atoms. The number of benzene rings is 2. The minimum atomic E-state index is -3.72. The second kappa shape index (κ2) is 7.53. The van der Waals surface area contributed by atoms with Gasteiger partial charge < -0.3 is 5.32 Å². The summed E-state index contributed by atoms with van der Waals surface area (Å²) in [6.07, 6.45) is 0. The van der Waals surface area contributed by atoms with Crippen LogP contribution in [0.3, 0.4) is 0 Å². The predicted molar refractivity (Wildman–Crippen MR) is 96.3 cm³/mol. The van der Waals surface area contributed by atoms with Crippen molar-refractivity contribution in [2.24, 2.45) is 0 Å². The quantitative estimate of drug-likeness (QED) is 0.816. The molecular weight excluding hydrogens is 371 g/mol. The van der Waals surface area contributed by atoms with Crippen molar-refractivity contribution in [3.05, 3.63) is 58.1 Å². The van der Waals surface area contributed by atoms with Gasteiger partial charge in [0, 0.05) is 16.8 Å². The van der Waals surface area contributed by atoms with Gasteiger partial charge in [0.05, 0.1) is 15.5 Å². The lowest BCUT2D eigenvalue weighted by molar-refractivity contribution is 0.102. The Labute approximate surface area is 151 Å². The summed E-state index contributed by atoms with van der Waals surface area (Å²) in [6.45, 7) is 3.42. The van der Waals surface area contributed by atoms with Crippen LogP contribution in [0.1, 0.15) is 24.2 Å². The van der Waals surface area contributed by atoms with Crippen LogP contribution in [0, 0.1) is 0 Å². The molecule has 0 unspecified atom stereocenters. The van der Waals surface area contributed by atoms with E-state index < -0.39 is 15.9 Å². The number of carbonyl (C=O) groups is 1. The van der Waals surface area contributed by atoms with E-state index in [4.69, 9.17) is 23.2 Å². The molecule has 0 spiro atoms. The molecule has 8 heteroatoms. The number of hydrogen-bond acceptors (Lipinski definition) is 3. The van der Waals surface area contributed by atoms with Gasteiger partial charge in [0.15, 0.2) is 0 Å². The zero-order valence-corrected chi connectivity index (χ0v) is 15.3. The van der Waals surface area contributed by atoms with E-state index in [2.05, 4.69) is 10.0 Å². The molecule has 2 N–H and O–H groups in total. The molecule has 2 aromatic carbocycles. The van der Waals surface area contributed by atoms with E-state index in [1.165, 1.54) is 18.2 Å². The standard InChI is InChI=1S/C16H16Cl2N2O3S/c1-10(2)20-24(22,23)13-6-7-15(18)14(9-13)16(21)19-12-5-3-4-11(17)8-12/h3-10,20H,1-2H3,(H,19,21). The van der Waals surface area contributed by atoms with Crippen LogP contribution >= 0.6 is 23.2 Å². The van der Waals surface area contributed by atoms with Gasteiger partial charge in [-0.2, -0.15) is 0 Å². The highest BCUT2D eigenvalue weighted by Gasteiger charge is 2.19. The third kappa shape index (κ3) is 4.70. The van der Waals surface area contributed by atoms with Gasteiger partial charge in [0.1, 0.15) is 0 Å². The molecule has 0 heterocycles. The van der Waals surface area contributed by atoms with E-state index in [0.717, 1.165) is 0 Å². The molecule has 0 aliphatic rings. The number of nitrogens with one attached hydrogen (secondary N) is 2. The Morgan fingerprint density at radius 3 is 2.42 bits per heavy atom. The minimum absolute atomic E-state index is 0.0307. The number of carbonyl (C=O) groups excluding carboxylic acids is 1. The molecule has 0 fully saturated rings. The second-order valence-corrected chi connectivity index (χ2v) is 7.94. The summed E-state index contributed by atoms with van der Waals surface area (Å²) < 4.78 is 26.9. The van der Waals surface area contributed by atoms with E-state index in [0.29, 0.717) is 10.7 Å². The molecule has 0 aliphatic carbocycles. The van der Waals surface area contributed by atoms with E-state index in [1.54, 1.807) is 38.1 Å². The Hall–Kier alpha value is -1.60. The summed E-state index contributed by atoms with van der Waals surface area (Å²) in [6, 6.07) is 10.3. The van der Waals surface area contributed by atoms with Gasteiger partial charge in [-0.1, -0.05) is 29.3 Å². The molecule has 1 amide bonds. The summed E-state index contributed by atoms with van der Waals surface area (Å²) in [5.41, 5.74) is 0.542. The van der Waals surface area contributed by atoms with Crippen molar-refractivity contribution in [1.82, 2.24) is 4.72 Å². The maximum absolute atomic E-state index is 12.4. The first-order valence-corrected chi connectivity index (χ1v) is 9.32. The van der Waals surface area contributed by atoms with Crippen LogP contribution in [0.25, 0.3) is 0 Å². The number of amides is 1. The predicted octanol–water partition coefficient (Wildman–Crippen LogP) is 3.93. The molecule has 0 atom stereocenters. The van der Waals surface area contributed by atoms with Crippen molar-refractivity contribution in [1.29, 1.82) is 0 Å². The number of rotatable bonds is 5. The summed E-state index contributed by atoms with van der Waals surface area (Å²) in [4.78, 5) is 12.4. The molecule has 128 valence electrons. The zero-order valence-electron chi connectivity index (χ0n) is 13.0. The van der Waals surface area contributed by atoms with Crippen LogP contribution in [0.4, 0.5) is 5.69 Å². The summed E-state index contributed by atoms with van der Waals surface area (Å²) in [5.74, 6) is -0.524. The molecule has 0 bridgehead atoms. The molecule has 2 rings (SSSR count). The highest BCUT2D eigenvalue weighted by Crippen LogP contribution is 2.23. The fraction of sp³-hybridized carbons (Fsp3) is 0.188. The molecule has 0 aromatic heterocycles. The Bertz CT molecular complexity index is 867. The third-order valence-corrected chi connectivity index (χ3v) is 5.19. The minimum Gasteiger partial charge on any atom is -0.322 e. The van der Waals surface area contributed by atoms with Crippen LogP contribution in [0.5, 0.6) is 0 Å². The molecule has 0 saturated heterocycles. The number of anilines is 1. The Morgan fingerprint density at radius 2 is 1.79 bits per heavy atom. The molecule has 5 nitrogen and oxygen atoms in total. The van der Waals surface area contributed by atoms with Crippen molar-refractivity contribution in [3.8, 4) is 0 Å². The van der Waals surface area contributed by atoms with Gasteiger partial charge in [0.2, 0.25) is 10.0 Å². The highest BCUT2D eigenvalue weighted by molar-refractivity contribution is 7.89. The average Bonchev–Trinajstić information content (AvgIpc) is 2.46. The fourth-order valence-corrected chi connectivity index (χ4v) is 3.66. The van der Waals surface area contributed by atoms with Gasteiger partial charge >= 0.3 is 0 Å². The van der Waals surface area contributed by atoms with Crippen molar-refractivity contribution in [2.45, 2.75) is 24.8 Å². The smallest absolute Gasteiger partial charge is 0.257 e. The lowest BCUT2D eigenvalue weighted by Gasteiger charge is -2.12. The topological polar surface area (TPSA) is 75.3 Å². The maximum Gasteiger partial charge on any atom is 0.257 e. The van der Waals surface area contributed by atoms with E-state index in [-0.39, 0.29) is 21.5 Å². The molecular formula is C16H16Cl2N2O3S. The monoisotopic (exact) mass is 386 g/mol. The molecule has 0 radical (unpaired) electrons. The maximum atomic E-state index is 12.4. The van der Waals surface area contributed by atoms with Gasteiger partial charge in [-0.05, 0) is 50.2 Å². The normalized spacial score (nSPS) is 11.5. The number of halogens is 2. The number of sulfonamides is 1. The van der Waals surface area contributed by atoms with Crippen molar-refractivity contribution in [3.63, 3.8) is 0 Å². The molecule has 0 aliphatic heterocycles. The molecule has 2 aromatic rings. The summed E-state index contributed by atoms with van der Waals surface area (Å²) in [5, 5.41) is 3.26. The first-order valence-electron chi connectivity index (χ1n) is 7.08. The largest absolute Gasteiger partial charge is 0.322 e. The van der Waals surface area contributed by atoms with Crippen LogP contribution < -0.4 is 10.0 Å². The van der Waals surface area contributed by atoms with Crippen LogP contribution in [-0.2, 0) is 10.0 Å². The summed E-state index contributed by atoms with van der Waals surface area (Å²) >= 11 is 11.9. The Morgan fingerprint density at radius 1 is 1.08 bits per heavy atom. The van der Waals surface area contributed by atoms with Crippen LogP contribution in [-0.4, -0.2) is 20.4 Å². The second-order valence-electron chi connectivity index (χ2n) is 5.38. The van der Waals surface area contributed by atoms with Gasteiger partial charge in [0.25, 0.3) is 5.91 Å².